The van der Waals surface area contributed by atoms with Crippen LogP contribution in [-0.4, -0.2) is 56.3 Å². The summed E-state index contributed by atoms with van der Waals surface area (Å²) >= 11 is 14.5. The number of hydrogen-bond donors (Lipinski definition) is 2. The van der Waals surface area contributed by atoms with E-state index < -0.39 is 27.7 Å². The number of alkyl halides is 2. The Bertz CT molecular complexity index is 1530. The van der Waals surface area contributed by atoms with Crippen LogP contribution in [0, 0.1) is 5.82 Å². The van der Waals surface area contributed by atoms with Crippen LogP contribution in [0.1, 0.15) is 40.0 Å². The van der Waals surface area contributed by atoms with Gasteiger partial charge in [-0.05, 0) is 54.8 Å². The largest absolute Gasteiger partial charge is 0.480 e. The zero-order valence-corrected chi connectivity index (χ0v) is 23.6. The number of aldehydes is 1. The molecule has 3 heterocycles. The highest BCUT2D eigenvalue weighted by atomic mass is 35.5. The number of rotatable bonds is 9. The molecule has 2 aromatic heterocycles. The molecule has 212 valence electrons. The van der Waals surface area contributed by atoms with E-state index in [0.29, 0.717) is 31.2 Å². The highest BCUT2D eigenvalue weighted by Crippen LogP contribution is 2.54. The number of carbonyl (C=O) groups excluding carboxylic acids is 1. The molecule has 2 aliphatic rings. The third-order valence-electron chi connectivity index (χ3n) is 7.45. The van der Waals surface area contributed by atoms with Gasteiger partial charge in [-0.3, -0.25) is 14.5 Å². The van der Waals surface area contributed by atoms with E-state index in [-0.39, 0.29) is 35.1 Å². The molecule has 0 bridgehead atoms. The summed E-state index contributed by atoms with van der Waals surface area (Å²) in [4.78, 5) is 33.8. The number of aliphatic carboxylic acids is 1. The first kappa shape index (κ1) is 28.7. The smallest absolute Gasteiger partial charge is 0.320 e. The van der Waals surface area contributed by atoms with Crippen molar-refractivity contribution in [2.75, 3.05) is 19.0 Å². The minimum atomic E-state index is -1.77. The first-order valence-electron chi connectivity index (χ1n) is 12.9. The summed E-state index contributed by atoms with van der Waals surface area (Å²) < 4.78 is 19.7. The number of benzene rings is 1. The van der Waals surface area contributed by atoms with Crippen LogP contribution < -0.4 is 10.1 Å². The molecule has 0 spiro atoms. The van der Waals surface area contributed by atoms with Gasteiger partial charge in [-0.2, -0.15) is 0 Å². The summed E-state index contributed by atoms with van der Waals surface area (Å²) in [6.07, 6.45) is 8.44. The lowest BCUT2D eigenvalue weighted by molar-refractivity contribution is -0.142. The van der Waals surface area contributed by atoms with Crippen LogP contribution in [-0.2, 0) is 16.9 Å². The number of carboxylic acids is 1. The maximum Gasteiger partial charge on any atom is 0.320 e. The number of pyridine rings is 2. The average molecular weight is 597 g/mol. The predicted octanol–water partition coefficient (Wildman–Crippen LogP) is 5.62. The Kier molecular flexibility index (Phi) is 8.13. The molecular formula is C30H27Cl2FN4O4. The molecule has 2 atom stereocenters. The van der Waals surface area contributed by atoms with Crippen LogP contribution in [0.5, 0.6) is 5.88 Å². The molecule has 0 saturated carbocycles. The second-order valence-corrected chi connectivity index (χ2v) is 11.2. The fourth-order valence-corrected chi connectivity index (χ4v) is 6.11. The van der Waals surface area contributed by atoms with E-state index in [2.05, 4.69) is 15.3 Å². The van der Waals surface area contributed by atoms with E-state index in [1.165, 1.54) is 25.4 Å². The molecule has 8 nitrogen and oxygen atoms in total. The summed E-state index contributed by atoms with van der Waals surface area (Å²) in [6, 6.07) is 13.2. The van der Waals surface area contributed by atoms with Crippen molar-refractivity contribution in [1.29, 1.82) is 0 Å². The van der Waals surface area contributed by atoms with Gasteiger partial charge in [-0.25, -0.2) is 14.4 Å². The number of allylic oxidation sites excluding steroid dienone is 2. The minimum Gasteiger partial charge on any atom is -0.480 e. The van der Waals surface area contributed by atoms with Crippen LogP contribution in [0.15, 0.2) is 73.0 Å². The zero-order chi connectivity index (χ0) is 29.2. The second-order valence-electron chi connectivity index (χ2n) is 9.83. The van der Waals surface area contributed by atoms with Gasteiger partial charge < -0.3 is 15.2 Å². The summed E-state index contributed by atoms with van der Waals surface area (Å²) in [5, 5.41) is 12.7. The molecule has 2 N–H and O–H groups in total. The molecule has 41 heavy (non-hydrogen) atoms. The third-order valence-corrected chi connectivity index (χ3v) is 8.45. The molecule has 1 aliphatic carbocycles. The average Bonchev–Trinajstić information content (AvgIpc) is 3.44. The number of carboxylic acid groups (broad SMARTS) is 1. The first-order valence-corrected chi connectivity index (χ1v) is 13.7. The number of methoxy groups -OCH3 is 1. The van der Waals surface area contributed by atoms with E-state index in [4.69, 9.17) is 27.9 Å². The van der Waals surface area contributed by atoms with Crippen LogP contribution in [0.2, 0.25) is 0 Å². The Morgan fingerprint density at radius 1 is 1.24 bits per heavy atom. The highest BCUT2D eigenvalue weighted by Gasteiger charge is 2.55. The van der Waals surface area contributed by atoms with E-state index in [9.17, 15) is 14.7 Å². The van der Waals surface area contributed by atoms with Crippen molar-refractivity contribution in [3.05, 3.63) is 101 Å². The number of carbonyl (C=O) groups is 2. The molecule has 1 aliphatic heterocycles. The lowest BCUT2D eigenvalue weighted by Gasteiger charge is -2.44. The third kappa shape index (κ3) is 5.21. The number of nitrogens with one attached hydrogen (secondary N) is 1. The lowest BCUT2D eigenvalue weighted by atomic mass is 9.79. The van der Waals surface area contributed by atoms with Gasteiger partial charge >= 0.3 is 5.97 Å². The van der Waals surface area contributed by atoms with Gasteiger partial charge in [0.05, 0.1) is 18.4 Å². The number of halogens is 3. The molecule has 11 heteroatoms. The normalized spacial score (nSPS) is 21.8. The maximum atomic E-state index is 16.1. The Balaban J connectivity index is 1.62. The molecule has 1 aromatic carbocycles. The van der Waals surface area contributed by atoms with Gasteiger partial charge in [-0.1, -0.05) is 65.7 Å². The molecule has 3 aromatic rings. The number of aromatic nitrogens is 2. The first-order chi connectivity index (χ1) is 19.7. The Morgan fingerprint density at radius 2 is 2.02 bits per heavy atom. The number of likely N-dealkylation sites (tertiary alicyclic amines) is 1. The quantitative estimate of drug-likeness (QED) is 0.242. The van der Waals surface area contributed by atoms with Crippen molar-refractivity contribution in [3.63, 3.8) is 0 Å². The van der Waals surface area contributed by atoms with E-state index in [1.54, 1.807) is 29.2 Å². The molecule has 0 amide bonds. The van der Waals surface area contributed by atoms with Crippen LogP contribution in [0.3, 0.4) is 0 Å². The van der Waals surface area contributed by atoms with Crippen LogP contribution in [0.4, 0.5) is 10.2 Å². The van der Waals surface area contributed by atoms with Crippen molar-refractivity contribution in [3.8, 4) is 5.88 Å². The number of anilines is 1. The number of hydrogen-bond acceptors (Lipinski definition) is 7. The Labute approximate surface area is 246 Å². The monoisotopic (exact) mass is 596 g/mol. The van der Waals surface area contributed by atoms with Crippen molar-refractivity contribution < 1.29 is 23.8 Å². The lowest BCUT2D eigenvalue weighted by Crippen LogP contribution is -2.51. The molecule has 5 rings (SSSR count). The molecule has 1 fully saturated rings. The van der Waals surface area contributed by atoms with E-state index in [0.717, 1.165) is 5.56 Å². The molecule has 0 radical (unpaired) electrons. The fourth-order valence-electron chi connectivity index (χ4n) is 5.35. The topological polar surface area (TPSA) is 105 Å². The minimum absolute atomic E-state index is 0.0444. The van der Waals surface area contributed by atoms with Gasteiger partial charge in [0, 0.05) is 18.3 Å². The number of ether oxygens (including phenoxy) is 1. The standard InChI is InChI=1S/C30H27Cl2FN4O4/c1-41-27-21(18-38)11-12-24(35-27)29(14-5-9-22(30(29,31)32)19-7-3-2-4-8-19)36-26-25(33)20(13-15-34-26)17-37-16-6-10-23(37)28(39)40/h2-5,7-9,11-15,18,23H,6,10,16-17H2,1H3,(H,34,36)(H,39,40). The zero-order valence-electron chi connectivity index (χ0n) is 22.1. The van der Waals surface area contributed by atoms with Gasteiger partial charge in [0.15, 0.2) is 22.3 Å². The summed E-state index contributed by atoms with van der Waals surface area (Å²) in [5.41, 5.74) is 0.398. The van der Waals surface area contributed by atoms with Gasteiger partial charge in [0.2, 0.25) is 5.88 Å². The van der Waals surface area contributed by atoms with Crippen molar-refractivity contribution in [2.45, 2.75) is 35.3 Å². The second kappa shape index (κ2) is 11.6. The Morgan fingerprint density at radius 3 is 2.73 bits per heavy atom. The van der Waals surface area contributed by atoms with Gasteiger partial charge in [0.1, 0.15) is 11.6 Å². The van der Waals surface area contributed by atoms with E-state index >= 15 is 4.39 Å². The highest BCUT2D eigenvalue weighted by molar-refractivity contribution is 6.55. The molecule has 1 saturated heterocycles. The Hall–Kier alpha value is -3.79. The van der Waals surface area contributed by atoms with Gasteiger partial charge in [-0.15, -0.1) is 0 Å². The van der Waals surface area contributed by atoms with Gasteiger partial charge in [0.25, 0.3) is 0 Å². The van der Waals surface area contributed by atoms with Crippen LogP contribution in [0.25, 0.3) is 5.57 Å². The molecular weight excluding hydrogens is 570 g/mol. The summed E-state index contributed by atoms with van der Waals surface area (Å²) in [5.74, 6) is -1.72. The fraction of sp³-hybridized carbons (Fsp3) is 0.267. The van der Waals surface area contributed by atoms with E-state index in [1.807, 2.05) is 30.3 Å². The summed E-state index contributed by atoms with van der Waals surface area (Å²) in [7, 11) is 1.38. The van der Waals surface area contributed by atoms with Crippen molar-refractivity contribution >= 4 is 46.8 Å². The number of nitrogens with zero attached hydrogens (tertiary/aromatic N) is 3. The molecule has 2 unspecified atom stereocenters. The van der Waals surface area contributed by atoms with Crippen molar-refractivity contribution in [1.82, 2.24) is 14.9 Å². The van der Waals surface area contributed by atoms with Crippen molar-refractivity contribution in [2.24, 2.45) is 0 Å². The predicted molar refractivity (Wildman–Crippen MR) is 155 cm³/mol. The van der Waals surface area contributed by atoms with Crippen LogP contribution >= 0.6 is 23.2 Å². The summed E-state index contributed by atoms with van der Waals surface area (Å²) in [6.45, 7) is 0.629. The SMILES string of the molecule is COc1nc(C2(Nc3nccc(CN4CCCC4C(=O)O)c3F)C=CC=C(c3ccccc3)C2(Cl)Cl)ccc1C=O. The maximum absolute atomic E-state index is 16.1.